The maximum absolute atomic E-state index is 11.5. The minimum Gasteiger partial charge on any atom is -0.491 e. The number of carbonyl (C=O) groups is 1. The first-order valence-corrected chi connectivity index (χ1v) is 6.01. The van der Waals surface area contributed by atoms with Gasteiger partial charge in [-0.1, -0.05) is 26.0 Å². The van der Waals surface area contributed by atoms with Gasteiger partial charge in [-0.3, -0.25) is 0 Å². The first-order chi connectivity index (χ1) is 8.63. The third-order valence-corrected chi connectivity index (χ3v) is 2.10. The molecule has 0 heterocycles. The summed E-state index contributed by atoms with van der Waals surface area (Å²) < 4.78 is 5.61. The number of nitrogens with one attached hydrogen (secondary N) is 2. The minimum absolute atomic E-state index is 0.0844. The number of ether oxygens (including phenoxy) is 1. The summed E-state index contributed by atoms with van der Waals surface area (Å²) >= 11 is 0. The Morgan fingerprint density at radius 2 is 2.11 bits per heavy atom. The van der Waals surface area contributed by atoms with Gasteiger partial charge in [0.05, 0.1) is 18.9 Å². The monoisotopic (exact) mass is 252 g/mol. The number of hydrogen-bond acceptors (Lipinski definition) is 3. The van der Waals surface area contributed by atoms with Crippen molar-refractivity contribution in [1.29, 1.82) is 0 Å². The molecule has 0 spiro atoms. The smallest absolute Gasteiger partial charge is 0.319 e. The van der Waals surface area contributed by atoms with Crippen LogP contribution in [-0.4, -0.2) is 30.9 Å². The maximum Gasteiger partial charge on any atom is 0.319 e. The second-order valence-corrected chi connectivity index (χ2v) is 4.31. The van der Waals surface area contributed by atoms with E-state index in [-0.39, 0.29) is 19.2 Å². The maximum atomic E-state index is 11.5. The molecular weight excluding hydrogens is 232 g/mol. The number of aliphatic hydroxyl groups excluding tert-OH is 1. The van der Waals surface area contributed by atoms with E-state index in [4.69, 9.17) is 9.84 Å². The molecule has 5 heteroatoms. The average Bonchev–Trinajstić information content (AvgIpc) is 2.35. The van der Waals surface area contributed by atoms with Gasteiger partial charge in [-0.25, -0.2) is 4.79 Å². The standard InChI is InChI=1S/C13H20N2O3/c1-10(2)9-18-12-6-4-3-5-11(12)15-13(17)14-7-8-16/h3-6,10,16H,7-9H2,1-2H3,(H2,14,15,17). The predicted molar refractivity (Wildman–Crippen MR) is 70.9 cm³/mol. The summed E-state index contributed by atoms with van der Waals surface area (Å²) in [6.45, 7) is 4.85. The largest absolute Gasteiger partial charge is 0.491 e. The van der Waals surface area contributed by atoms with Crippen molar-refractivity contribution in [3.8, 4) is 5.75 Å². The summed E-state index contributed by atoms with van der Waals surface area (Å²) in [6.07, 6.45) is 0. The first-order valence-electron chi connectivity index (χ1n) is 6.01. The highest BCUT2D eigenvalue weighted by molar-refractivity contribution is 5.90. The second-order valence-electron chi connectivity index (χ2n) is 4.31. The number of rotatable bonds is 6. The van der Waals surface area contributed by atoms with E-state index in [2.05, 4.69) is 24.5 Å². The highest BCUT2D eigenvalue weighted by Gasteiger charge is 2.07. The van der Waals surface area contributed by atoms with Gasteiger partial charge < -0.3 is 20.5 Å². The number of amides is 2. The molecule has 1 rings (SSSR count). The van der Waals surface area contributed by atoms with E-state index in [0.717, 1.165) is 0 Å². The molecule has 0 saturated carbocycles. The van der Waals surface area contributed by atoms with Gasteiger partial charge in [-0.05, 0) is 18.1 Å². The third kappa shape index (κ3) is 5.05. The van der Waals surface area contributed by atoms with Crippen LogP contribution in [0.2, 0.25) is 0 Å². The number of hydrogen-bond donors (Lipinski definition) is 3. The summed E-state index contributed by atoms with van der Waals surface area (Å²) in [5.74, 6) is 1.06. The van der Waals surface area contributed by atoms with Crippen molar-refractivity contribution >= 4 is 11.7 Å². The van der Waals surface area contributed by atoms with Crippen molar-refractivity contribution in [2.45, 2.75) is 13.8 Å². The molecule has 0 fully saturated rings. The van der Waals surface area contributed by atoms with Gasteiger partial charge in [0.15, 0.2) is 0 Å². The van der Waals surface area contributed by atoms with Crippen LogP contribution in [0.3, 0.4) is 0 Å². The molecule has 0 atom stereocenters. The lowest BCUT2D eigenvalue weighted by Crippen LogP contribution is -2.31. The van der Waals surface area contributed by atoms with E-state index >= 15 is 0 Å². The zero-order chi connectivity index (χ0) is 13.4. The Hall–Kier alpha value is -1.75. The number of aliphatic hydroxyl groups is 1. The topological polar surface area (TPSA) is 70.6 Å². The van der Waals surface area contributed by atoms with Crippen molar-refractivity contribution in [3.05, 3.63) is 24.3 Å². The molecule has 2 amide bonds. The third-order valence-electron chi connectivity index (χ3n) is 2.10. The number of para-hydroxylation sites is 2. The SMILES string of the molecule is CC(C)COc1ccccc1NC(=O)NCCO. The Kier molecular flexibility index (Phi) is 6.00. The van der Waals surface area contributed by atoms with E-state index in [1.165, 1.54) is 0 Å². The van der Waals surface area contributed by atoms with Crippen molar-refractivity contribution < 1.29 is 14.6 Å². The molecule has 0 aliphatic heterocycles. The number of urea groups is 1. The predicted octanol–water partition coefficient (Wildman–Crippen LogP) is 1.84. The lowest BCUT2D eigenvalue weighted by molar-refractivity contribution is 0.244. The first kappa shape index (κ1) is 14.3. The Balaban J connectivity index is 2.61. The summed E-state index contributed by atoms with van der Waals surface area (Å²) in [5.41, 5.74) is 0.619. The summed E-state index contributed by atoms with van der Waals surface area (Å²) in [7, 11) is 0. The Bertz CT molecular complexity index is 380. The van der Waals surface area contributed by atoms with Gasteiger partial charge >= 0.3 is 6.03 Å². The molecular formula is C13H20N2O3. The van der Waals surface area contributed by atoms with E-state index in [0.29, 0.717) is 24.0 Å². The van der Waals surface area contributed by atoms with Crippen molar-refractivity contribution in [1.82, 2.24) is 5.32 Å². The fourth-order valence-electron chi connectivity index (χ4n) is 1.29. The van der Waals surface area contributed by atoms with Crippen LogP contribution in [0.1, 0.15) is 13.8 Å². The molecule has 0 radical (unpaired) electrons. The minimum atomic E-state index is -0.357. The van der Waals surface area contributed by atoms with Crippen LogP contribution in [0.5, 0.6) is 5.75 Å². The van der Waals surface area contributed by atoms with Gasteiger partial charge in [-0.15, -0.1) is 0 Å². The van der Waals surface area contributed by atoms with Crippen molar-refractivity contribution in [2.24, 2.45) is 5.92 Å². The molecule has 100 valence electrons. The highest BCUT2D eigenvalue weighted by Crippen LogP contribution is 2.24. The summed E-state index contributed by atoms with van der Waals surface area (Å²) in [5, 5.41) is 13.8. The molecule has 0 unspecified atom stereocenters. The van der Waals surface area contributed by atoms with Crippen molar-refractivity contribution in [2.75, 3.05) is 25.1 Å². The van der Waals surface area contributed by atoms with E-state index in [1.807, 2.05) is 18.2 Å². The molecule has 3 N–H and O–H groups in total. The number of anilines is 1. The van der Waals surface area contributed by atoms with Crippen LogP contribution in [-0.2, 0) is 0 Å². The fraction of sp³-hybridized carbons (Fsp3) is 0.462. The number of benzene rings is 1. The fourth-order valence-corrected chi connectivity index (χ4v) is 1.29. The lowest BCUT2D eigenvalue weighted by atomic mass is 10.2. The van der Waals surface area contributed by atoms with Crippen LogP contribution in [0, 0.1) is 5.92 Å². The molecule has 0 aliphatic carbocycles. The van der Waals surface area contributed by atoms with E-state index in [9.17, 15) is 4.79 Å². The lowest BCUT2D eigenvalue weighted by Gasteiger charge is -2.14. The zero-order valence-corrected chi connectivity index (χ0v) is 10.8. The number of carbonyl (C=O) groups excluding carboxylic acids is 1. The molecule has 0 bridgehead atoms. The normalized spacial score (nSPS) is 10.2. The molecule has 18 heavy (non-hydrogen) atoms. The van der Waals surface area contributed by atoms with Crippen LogP contribution in [0.25, 0.3) is 0 Å². The van der Waals surface area contributed by atoms with Crippen LogP contribution in [0.4, 0.5) is 10.5 Å². The van der Waals surface area contributed by atoms with Gasteiger partial charge in [0.25, 0.3) is 0 Å². The Morgan fingerprint density at radius 3 is 2.78 bits per heavy atom. The molecule has 0 aliphatic rings. The quantitative estimate of drug-likeness (QED) is 0.723. The van der Waals surface area contributed by atoms with Crippen LogP contribution in [0.15, 0.2) is 24.3 Å². The van der Waals surface area contributed by atoms with Gasteiger partial charge in [0.1, 0.15) is 5.75 Å². The van der Waals surface area contributed by atoms with Crippen molar-refractivity contribution in [3.63, 3.8) is 0 Å². The zero-order valence-electron chi connectivity index (χ0n) is 10.8. The molecule has 1 aromatic rings. The van der Waals surface area contributed by atoms with Crippen LogP contribution < -0.4 is 15.4 Å². The molecule has 5 nitrogen and oxygen atoms in total. The highest BCUT2D eigenvalue weighted by atomic mass is 16.5. The Morgan fingerprint density at radius 1 is 1.39 bits per heavy atom. The average molecular weight is 252 g/mol. The van der Waals surface area contributed by atoms with Crippen LogP contribution >= 0.6 is 0 Å². The molecule has 1 aromatic carbocycles. The second kappa shape index (κ2) is 7.55. The summed E-state index contributed by atoms with van der Waals surface area (Å²) in [6, 6.07) is 6.90. The molecule has 0 aromatic heterocycles. The Labute approximate surface area is 107 Å². The molecule has 0 saturated heterocycles. The van der Waals surface area contributed by atoms with Gasteiger partial charge in [0, 0.05) is 6.54 Å². The van der Waals surface area contributed by atoms with E-state index in [1.54, 1.807) is 6.07 Å². The van der Waals surface area contributed by atoms with Gasteiger partial charge in [-0.2, -0.15) is 0 Å². The summed E-state index contributed by atoms with van der Waals surface area (Å²) in [4.78, 5) is 11.5. The van der Waals surface area contributed by atoms with E-state index < -0.39 is 0 Å². The van der Waals surface area contributed by atoms with Gasteiger partial charge in [0.2, 0.25) is 0 Å².